The molecule has 2 rings (SSSR count). The van der Waals surface area contributed by atoms with Crippen LogP contribution in [-0.2, 0) is 0 Å². The van der Waals surface area contributed by atoms with E-state index in [9.17, 15) is 0 Å². The molecule has 0 aromatic heterocycles. The molecule has 1 atom stereocenters. The van der Waals surface area contributed by atoms with Crippen LogP contribution in [0.4, 0.5) is 0 Å². The Morgan fingerprint density at radius 3 is 2.14 bits per heavy atom. The molecular formula is C18H29ClN2. The van der Waals surface area contributed by atoms with Crippen molar-refractivity contribution in [2.24, 2.45) is 11.1 Å². The van der Waals surface area contributed by atoms with E-state index in [1.54, 1.807) is 0 Å². The van der Waals surface area contributed by atoms with Crippen molar-refractivity contribution in [3.8, 4) is 0 Å². The van der Waals surface area contributed by atoms with Gasteiger partial charge < -0.3 is 5.73 Å². The molecule has 0 amide bonds. The van der Waals surface area contributed by atoms with Gasteiger partial charge in [-0.25, -0.2) is 0 Å². The number of benzene rings is 1. The van der Waals surface area contributed by atoms with Crippen LogP contribution in [-0.4, -0.2) is 24.0 Å². The Balaban J connectivity index is 2.16. The Morgan fingerprint density at radius 2 is 1.67 bits per heavy atom. The first-order valence-corrected chi connectivity index (χ1v) is 8.36. The highest BCUT2D eigenvalue weighted by atomic mass is 35.5. The lowest BCUT2D eigenvalue weighted by Gasteiger charge is -2.50. The zero-order chi connectivity index (χ0) is 15.7. The van der Waals surface area contributed by atoms with Gasteiger partial charge in [0.05, 0.1) is 0 Å². The minimum absolute atomic E-state index is 0.134. The second-order valence-electron chi connectivity index (χ2n) is 7.43. The monoisotopic (exact) mass is 308 g/mol. The number of halogens is 1. The van der Waals surface area contributed by atoms with Crippen LogP contribution in [0.3, 0.4) is 0 Å². The Morgan fingerprint density at radius 1 is 1.14 bits per heavy atom. The molecule has 0 radical (unpaired) electrons. The molecule has 0 spiro atoms. The fourth-order valence-corrected chi connectivity index (χ4v) is 3.59. The average molecular weight is 309 g/mol. The quantitative estimate of drug-likeness (QED) is 0.878. The number of hydrogen-bond acceptors (Lipinski definition) is 2. The van der Waals surface area contributed by atoms with Crippen LogP contribution in [0.2, 0.25) is 5.02 Å². The molecule has 1 aromatic carbocycles. The van der Waals surface area contributed by atoms with E-state index in [1.165, 1.54) is 31.2 Å². The number of nitrogens with two attached hydrogens (primary N) is 1. The fraction of sp³-hybridized carbons (Fsp3) is 0.667. The summed E-state index contributed by atoms with van der Waals surface area (Å²) in [7, 11) is 2.23. The summed E-state index contributed by atoms with van der Waals surface area (Å²) >= 11 is 6.00. The first-order chi connectivity index (χ1) is 9.80. The predicted molar refractivity (Wildman–Crippen MR) is 91.7 cm³/mol. The Labute approximate surface area is 134 Å². The molecule has 1 saturated carbocycles. The number of likely N-dealkylation sites (N-methyl/N-ethyl adjacent to an activating group) is 1. The number of rotatable bonds is 4. The highest BCUT2D eigenvalue weighted by Crippen LogP contribution is 2.44. The third kappa shape index (κ3) is 3.61. The third-order valence-corrected chi connectivity index (χ3v) is 5.85. The van der Waals surface area contributed by atoms with Crippen molar-refractivity contribution in [2.75, 3.05) is 13.6 Å². The Hall–Kier alpha value is -0.570. The summed E-state index contributed by atoms with van der Waals surface area (Å²) in [5.41, 5.74) is 8.10. The van der Waals surface area contributed by atoms with Crippen molar-refractivity contribution in [1.82, 2.24) is 4.90 Å². The summed E-state index contributed by atoms with van der Waals surface area (Å²) in [6.07, 6.45) is 4.87. The van der Waals surface area contributed by atoms with Gasteiger partial charge in [-0.05, 0) is 62.8 Å². The van der Waals surface area contributed by atoms with Gasteiger partial charge in [-0.1, -0.05) is 37.6 Å². The summed E-state index contributed by atoms with van der Waals surface area (Å²) < 4.78 is 0. The van der Waals surface area contributed by atoms with Crippen molar-refractivity contribution in [3.63, 3.8) is 0 Å². The number of nitrogens with zero attached hydrogens (tertiary/aromatic N) is 1. The molecule has 1 unspecified atom stereocenters. The van der Waals surface area contributed by atoms with E-state index in [0.717, 1.165) is 11.6 Å². The lowest BCUT2D eigenvalue weighted by Crippen LogP contribution is -2.55. The van der Waals surface area contributed by atoms with Crippen molar-refractivity contribution >= 4 is 11.6 Å². The molecule has 2 nitrogen and oxygen atoms in total. The van der Waals surface area contributed by atoms with E-state index < -0.39 is 0 Å². The summed E-state index contributed by atoms with van der Waals surface area (Å²) in [5, 5.41) is 0.793. The van der Waals surface area contributed by atoms with Crippen molar-refractivity contribution < 1.29 is 0 Å². The maximum Gasteiger partial charge on any atom is 0.0406 e. The van der Waals surface area contributed by atoms with Crippen LogP contribution < -0.4 is 5.73 Å². The largest absolute Gasteiger partial charge is 0.329 e. The van der Waals surface area contributed by atoms with Gasteiger partial charge in [0.2, 0.25) is 0 Å². The molecule has 1 aliphatic rings. The molecule has 3 heteroatoms. The molecule has 2 N–H and O–H groups in total. The molecule has 21 heavy (non-hydrogen) atoms. The molecule has 0 saturated heterocycles. The van der Waals surface area contributed by atoms with Gasteiger partial charge in [-0.3, -0.25) is 4.90 Å². The van der Waals surface area contributed by atoms with Crippen molar-refractivity contribution in [1.29, 1.82) is 0 Å². The van der Waals surface area contributed by atoms with Gasteiger partial charge >= 0.3 is 0 Å². The smallest absolute Gasteiger partial charge is 0.0406 e. The van der Waals surface area contributed by atoms with Gasteiger partial charge in [0.1, 0.15) is 0 Å². The zero-order valence-corrected chi connectivity index (χ0v) is 14.6. The van der Waals surface area contributed by atoms with Gasteiger partial charge in [0.15, 0.2) is 0 Å². The Kier molecular flexibility index (Phi) is 5.02. The SMILES string of the molecule is CC(c1ccc(Cl)cc1)N(C)C1(CN)CCC(C)(C)CC1. The van der Waals surface area contributed by atoms with Crippen molar-refractivity contribution in [2.45, 2.75) is 58.0 Å². The van der Waals surface area contributed by atoms with Crippen LogP contribution in [0.5, 0.6) is 0 Å². The predicted octanol–water partition coefficient (Wildman–Crippen LogP) is 4.63. The molecular weight excluding hydrogens is 280 g/mol. The Bertz CT molecular complexity index is 457. The van der Waals surface area contributed by atoms with Gasteiger partial charge in [-0.2, -0.15) is 0 Å². The van der Waals surface area contributed by atoms with Crippen LogP contribution >= 0.6 is 11.6 Å². The normalized spacial score (nSPS) is 22.2. The van der Waals surface area contributed by atoms with E-state index in [-0.39, 0.29) is 5.54 Å². The maximum absolute atomic E-state index is 6.20. The zero-order valence-electron chi connectivity index (χ0n) is 13.8. The molecule has 1 fully saturated rings. The third-order valence-electron chi connectivity index (χ3n) is 5.60. The summed E-state index contributed by atoms with van der Waals surface area (Å²) in [4.78, 5) is 2.49. The lowest BCUT2D eigenvalue weighted by atomic mass is 9.68. The molecule has 118 valence electrons. The van der Waals surface area contributed by atoms with E-state index in [1.807, 2.05) is 12.1 Å². The minimum Gasteiger partial charge on any atom is -0.329 e. The molecule has 0 bridgehead atoms. The topological polar surface area (TPSA) is 29.3 Å². The van der Waals surface area contributed by atoms with Crippen molar-refractivity contribution in [3.05, 3.63) is 34.9 Å². The van der Waals surface area contributed by atoms with Crippen LogP contribution in [0.1, 0.15) is 58.1 Å². The lowest BCUT2D eigenvalue weighted by molar-refractivity contribution is 0.0167. The highest BCUT2D eigenvalue weighted by Gasteiger charge is 2.41. The van der Waals surface area contributed by atoms with Gasteiger partial charge in [0, 0.05) is 23.1 Å². The summed E-state index contributed by atoms with van der Waals surface area (Å²) in [6.45, 7) is 7.74. The summed E-state index contributed by atoms with van der Waals surface area (Å²) in [5.74, 6) is 0. The molecule has 1 aromatic rings. The molecule has 0 heterocycles. The van der Waals surface area contributed by atoms with E-state index >= 15 is 0 Å². The molecule has 0 aliphatic heterocycles. The van der Waals surface area contributed by atoms with Gasteiger partial charge in [0.25, 0.3) is 0 Å². The second-order valence-corrected chi connectivity index (χ2v) is 7.87. The minimum atomic E-state index is 0.134. The molecule has 1 aliphatic carbocycles. The first-order valence-electron chi connectivity index (χ1n) is 7.98. The maximum atomic E-state index is 6.20. The van der Waals surface area contributed by atoms with Crippen LogP contribution in [0.15, 0.2) is 24.3 Å². The number of hydrogen-bond donors (Lipinski definition) is 1. The van der Waals surface area contributed by atoms with E-state index in [2.05, 4.69) is 44.9 Å². The van der Waals surface area contributed by atoms with E-state index in [0.29, 0.717) is 11.5 Å². The first kappa shape index (κ1) is 16.8. The standard InChI is InChI=1S/C18H29ClN2/c1-14(15-5-7-16(19)8-6-15)21(4)18(13-20)11-9-17(2,3)10-12-18/h5-8,14H,9-13,20H2,1-4H3. The average Bonchev–Trinajstić information content (AvgIpc) is 2.47. The van der Waals surface area contributed by atoms with Gasteiger partial charge in [-0.15, -0.1) is 0 Å². The van der Waals surface area contributed by atoms with E-state index in [4.69, 9.17) is 17.3 Å². The highest BCUT2D eigenvalue weighted by molar-refractivity contribution is 6.30. The van der Waals surface area contributed by atoms with Crippen LogP contribution in [0, 0.1) is 5.41 Å². The second kappa shape index (κ2) is 6.28. The summed E-state index contributed by atoms with van der Waals surface area (Å²) in [6, 6.07) is 8.55. The fourth-order valence-electron chi connectivity index (χ4n) is 3.47. The van der Waals surface area contributed by atoms with Crippen LogP contribution in [0.25, 0.3) is 0 Å².